The van der Waals surface area contributed by atoms with Gasteiger partial charge in [0.25, 0.3) is 0 Å². The van der Waals surface area contributed by atoms with Crippen LogP contribution in [0.2, 0.25) is 0 Å². The van der Waals surface area contributed by atoms with Crippen molar-refractivity contribution in [3.8, 4) is 6.07 Å². The molecule has 8 nitrogen and oxygen atoms in total. The Kier molecular flexibility index (Phi) is 4.61. The van der Waals surface area contributed by atoms with E-state index >= 15 is 0 Å². The van der Waals surface area contributed by atoms with Gasteiger partial charge in [0.1, 0.15) is 0 Å². The third kappa shape index (κ3) is 3.11. The van der Waals surface area contributed by atoms with Gasteiger partial charge in [0.2, 0.25) is 0 Å². The molecule has 6 rings (SSSR count). The lowest BCUT2D eigenvalue weighted by Gasteiger charge is -2.20. The fourth-order valence-corrected chi connectivity index (χ4v) is 8.27. The number of nitrogens with one attached hydrogen (secondary N) is 2. The van der Waals surface area contributed by atoms with E-state index in [4.69, 9.17) is 5.10 Å². The van der Waals surface area contributed by atoms with Crippen molar-refractivity contribution in [2.24, 2.45) is 5.92 Å². The summed E-state index contributed by atoms with van der Waals surface area (Å²) in [7, 11) is -3.31. The van der Waals surface area contributed by atoms with Crippen LogP contribution in [0.1, 0.15) is 74.0 Å². The predicted molar refractivity (Wildman–Crippen MR) is 123 cm³/mol. The van der Waals surface area contributed by atoms with E-state index < -0.39 is 20.8 Å². The van der Waals surface area contributed by atoms with Gasteiger partial charge in [0, 0.05) is 11.9 Å². The van der Waals surface area contributed by atoms with Crippen molar-refractivity contribution in [1.29, 1.82) is 5.26 Å². The Morgan fingerprint density at radius 3 is 2.85 bits per heavy atom. The van der Waals surface area contributed by atoms with Gasteiger partial charge < -0.3 is 15.7 Å². The Bertz CT molecular complexity index is 1300. The smallest absolute Gasteiger partial charge is 0.184 e. The Hall–Kier alpha value is -2.83. The van der Waals surface area contributed by atoms with Crippen LogP contribution in [-0.2, 0) is 16.3 Å². The molecule has 3 heterocycles. The van der Waals surface area contributed by atoms with Crippen LogP contribution in [0.15, 0.2) is 29.3 Å². The lowest BCUT2D eigenvalue weighted by Crippen LogP contribution is -2.32. The minimum Gasteiger partial charge on any atom is -0.369 e. The van der Waals surface area contributed by atoms with Gasteiger partial charge >= 0.3 is 0 Å². The molecular formula is C24H27N5O3S. The summed E-state index contributed by atoms with van der Waals surface area (Å²) in [5.74, 6) is 0.948. The number of rotatable bonds is 5. The van der Waals surface area contributed by atoms with Gasteiger partial charge in [-0.2, -0.15) is 10.4 Å². The maximum Gasteiger partial charge on any atom is 0.184 e. The predicted octanol–water partition coefficient (Wildman–Crippen LogP) is 3.70. The summed E-state index contributed by atoms with van der Waals surface area (Å²) >= 11 is 0. The molecule has 0 amide bonds. The molecular weight excluding hydrogens is 438 g/mol. The minimum absolute atomic E-state index is 0.0263. The summed E-state index contributed by atoms with van der Waals surface area (Å²) in [5.41, 5.74) is 3.04. The Labute approximate surface area is 193 Å². The molecule has 9 heteroatoms. The number of anilines is 2. The number of fused-ring (bicyclic) bond motifs is 2. The van der Waals surface area contributed by atoms with Crippen LogP contribution < -0.4 is 10.6 Å². The number of hydrogen-bond donors (Lipinski definition) is 3. The summed E-state index contributed by atoms with van der Waals surface area (Å²) in [4.78, 5) is 0.454. The van der Waals surface area contributed by atoms with E-state index in [1.807, 2.05) is 16.8 Å². The molecule has 0 bridgehead atoms. The Morgan fingerprint density at radius 1 is 1.33 bits per heavy atom. The third-order valence-electron chi connectivity index (χ3n) is 7.75. The quantitative estimate of drug-likeness (QED) is 0.616. The average Bonchev–Trinajstić information content (AvgIpc) is 3.33. The van der Waals surface area contributed by atoms with Gasteiger partial charge in [-0.1, -0.05) is 12.8 Å². The summed E-state index contributed by atoms with van der Waals surface area (Å²) < 4.78 is 27.7. The van der Waals surface area contributed by atoms with Gasteiger partial charge in [-0.25, -0.2) is 8.42 Å². The molecule has 2 atom stereocenters. The molecule has 1 spiro atoms. The molecule has 0 saturated heterocycles. The van der Waals surface area contributed by atoms with Gasteiger partial charge in [-0.15, -0.1) is 0 Å². The molecule has 0 radical (unpaired) electrons. The Balaban J connectivity index is 1.37. The molecule has 2 saturated carbocycles. The van der Waals surface area contributed by atoms with Crippen LogP contribution in [-0.4, -0.2) is 28.1 Å². The van der Waals surface area contributed by atoms with E-state index in [1.165, 1.54) is 0 Å². The molecule has 3 N–H and O–H groups in total. The molecule has 2 aromatic rings. The number of hydrogen-bond acceptors (Lipinski definition) is 7. The largest absolute Gasteiger partial charge is 0.369 e. The fourth-order valence-electron chi connectivity index (χ4n) is 5.90. The van der Waals surface area contributed by atoms with E-state index in [-0.39, 0.29) is 6.04 Å². The van der Waals surface area contributed by atoms with Crippen LogP contribution in [0.4, 0.5) is 11.5 Å². The van der Waals surface area contributed by atoms with Crippen molar-refractivity contribution in [3.05, 3.63) is 41.2 Å². The first-order valence-corrected chi connectivity index (χ1v) is 13.2. The van der Waals surface area contributed by atoms with Crippen LogP contribution in [0.5, 0.6) is 0 Å². The van der Waals surface area contributed by atoms with Crippen LogP contribution in [0, 0.1) is 17.2 Å². The number of benzene rings is 1. The summed E-state index contributed by atoms with van der Waals surface area (Å²) in [6.07, 6.45) is 9.14. The van der Waals surface area contributed by atoms with E-state index in [0.717, 1.165) is 55.5 Å². The molecule has 33 heavy (non-hydrogen) atoms. The topological polar surface area (TPSA) is 120 Å². The van der Waals surface area contributed by atoms with Crippen molar-refractivity contribution in [3.63, 3.8) is 0 Å². The zero-order valence-electron chi connectivity index (χ0n) is 18.3. The average molecular weight is 466 g/mol. The second-order valence-electron chi connectivity index (χ2n) is 9.78. The first-order valence-electron chi connectivity index (χ1n) is 11.7. The number of nitrogens with zero attached hydrogens (tertiary/aromatic N) is 3. The molecule has 2 aliphatic carbocycles. The van der Waals surface area contributed by atoms with Crippen molar-refractivity contribution in [2.45, 2.75) is 73.3 Å². The number of nitriles is 1. The number of sulfone groups is 1. The minimum atomic E-state index is -3.31. The van der Waals surface area contributed by atoms with Gasteiger partial charge in [0.05, 0.1) is 39.4 Å². The van der Waals surface area contributed by atoms with Crippen LogP contribution in [0.3, 0.4) is 0 Å². The SMILES string of the molecule is N#CC[C@@H](C1CC1)n1nc(Nc2ccc3c(c2)CC2(CCCC2)S3(=O)=O)c2c1C=CNC2O. The van der Waals surface area contributed by atoms with E-state index in [1.54, 1.807) is 18.3 Å². The first kappa shape index (κ1) is 20.8. The summed E-state index contributed by atoms with van der Waals surface area (Å²) in [6, 6.07) is 7.66. The first-order chi connectivity index (χ1) is 15.9. The standard InChI is InChI=1S/C24H27N5O3S/c25-11-7-18(15-3-4-15)29-19-8-12-26-23(30)21(19)22(28-29)27-17-5-6-20-16(13-17)14-24(33(20,31)32)9-1-2-10-24/h5-6,8,12-13,15,18,23,26,30H,1-4,7,9-10,14H2,(H,27,28)/t18-,23?/m0/s1. The number of aliphatic hydroxyl groups excluding tert-OH is 1. The summed E-state index contributed by atoms with van der Waals surface area (Å²) in [5, 5.41) is 31.1. The maximum absolute atomic E-state index is 13.2. The monoisotopic (exact) mass is 465 g/mol. The van der Waals surface area contributed by atoms with Gasteiger partial charge in [-0.05, 0) is 67.9 Å². The molecule has 1 aromatic carbocycles. The van der Waals surface area contributed by atoms with Gasteiger partial charge in [-0.3, -0.25) is 4.68 Å². The van der Waals surface area contributed by atoms with Gasteiger partial charge in [0.15, 0.2) is 21.9 Å². The zero-order chi connectivity index (χ0) is 22.8. The zero-order valence-corrected chi connectivity index (χ0v) is 19.1. The highest BCUT2D eigenvalue weighted by Crippen LogP contribution is 2.50. The Morgan fingerprint density at radius 2 is 2.12 bits per heavy atom. The fraction of sp³-hybridized carbons (Fsp3) is 0.500. The molecule has 1 aromatic heterocycles. The summed E-state index contributed by atoms with van der Waals surface area (Å²) in [6.45, 7) is 0. The molecule has 2 aliphatic heterocycles. The third-order valence-corrected chi connectivity index (χ3v) is 10.4. The lowest BCUT2D eigenvalue weighted by atomic mass is 9.97. The molecule has 4 aliphatic rings. The molecule has 172 valence electrons. The maximum atomic E-state index is 13.2. The number of aromatic nitrogens is 2. The van der Waals surface area contributed by atoms with Crippen molar-refractivity contribution in [2.75, 3.05) is 5.32 Å². The lowest BCUT2D eigenvalue weighted by molar-refractivity contribution is 0.155. The van der Waals surface area contributed by atoms with Crippen molar-refractivity contribution >= 4 is 27.4 Å². The van der Waals surface area contributed by atoms with E-state index in [2.05, 4.69) is 16.7 Å². The van der Waals surface area contributed by atoms with E-state index in [9.17, 15) is 18.8 Å². The van der Waals surface area contributed by atoms with Crippen LogP contribution in [0.25, 0.3) is 6.08 Å². The molecule has 1 unspecified atom stereocenters. The van der Waals surface area contributed by atoms with Crippen molar-refractivity contribution in [1.82, 2.24) is 15.1 Å². The van der Waals surface area contributed by atoms with Crippen molar-refractivity contribution < 1.29 is 13.5 Å². The number of aliphatic hydroxyl groups is 1. The second kappa shape index (κ2) is 7.34. The van der Waals surface area contributed by atoms with E-state index in [0.29, 0.717) is 35.0 Å². The highest BCUT2D eigenvalue weighted by Gasteiger charge is 2.52. The van der Waals surface area contributed by atoms with Crippen LogP contribution >= 0.6 is 0 Å². The second-order valence-corrected chi connectivity index (χ2v) is 12.1. The normalized spacial score (nSPS) is 24.7. The molecule has 2 fully saturated rings. The highest BCUT2D eigenvalue weighted by atomic mass is 32.2. The highest BCUT2D eigenvalue weighted by molar-refractivity contribution is 7.93.